The van der Waals surface area contributed by atoms with Gasteiger partial charge in [0.05, 0.1) is 22.2 Å². The molecule has 0 radical (unpaired) electrons. The number of halogens is 2. The molecule has 0 aliphatic carbocycles. The molecule has 1 amide bonds. The van der Waals surface area contributed by atoms with Gasteiger partial charge in [0.15, 0.2) is 17.6 Å². The first-order valence-corrected chi connectivity index (χ1v) is 9.02. The van der Waals surface area contributed by atoms with Crippen LogP contribution in [0.15, 0.2) is 36.4 Å². The molecule has 2 aromatic rings. The Hall–Kier alpha value is -2.44. The van der Waals surface area contributed by atoms with Gasteiger partial charge in [-0.2, -0.15) is 0 Å². The summed E-state index contributed by atoms with van der Waals surface area (Å²) < 4.78 is 16.1. The van der Waals surface area contributed by atoms with Crippen molar-refractivity contribution >= 4 is 40.8 Å². The van der Waals surface area contributed by atoms with Crippen LogP contribution in [-0.2, 0) is 20.7 Å². The molecule has 0 fully saturated rings. The van der Waals surface area contributed by atoms with E-state index in [2.05, 4.69) is 5.32 Å². The van der Waals surface area contributed by atoms with E-state index in [1.165, 1.54) is 6.92 Å². The fraction of sp³-hybridized carbons (Fsp3) is 0.263. The monoisotopic (exact) mass is 409 g/mol. The van der Waals surface area contributed by atoms with Crippen LogP contribution in [0.25, 0.3) is 0 Å². The molecule has 142 valence electrons. The molecular weight excluding hydrogens is 393 g/mol. The summed E-state index contributed by atoms with van der Waals surface area (Å²) in [6.45, 7) is 2.44. The summed E-state index contributed by atoms with van der Waals surface area (Å²) >= 11 is 12.0. The minimum Gasteiger partial charge on any atom is -0.486 e. The van der Waals surface area contributed by atoms with E-state index < -0.39 is 18.0 Å². The smallest absolute Gasteiger partial charge is 0.311 e. The molecule has 6 nitrogen and oxygen atoms in total. The molecule has 8 heteroatoms. The zero-order chi connectivity index (χ0) is 19.4. The third-order valence-electron chi connectivity index (χ3n) is 3.84. The summed E-state index contributed by atoms with van der Waals surface area (Å²) in [5.41, 5.74) is 1.05. The fourth-order valence-corrected chi connectivity index (χ4v) is 2.84. The number of anilines is 1. The fourth-order valence-electron chi connectivity index (χ4n) is 2.49. The lowest BCUT2D eigenvalue weighted by Crippen LogP contribution is -2.30. The lowest BCUT2D eigenvalue weighted by molar-refractivity contribution is -0.152. The van der Waals surface area contributed by atoms with Gasteiger partial charge in [-0.25, -0.2) is 0 Å². The van der Waals surface area contributed by atoms with Crippen molar-refractivity contribution in [2.45, 2.75) is 19.4 Å². The third kappa shape index (κ3) is 4.84. The number of hydrogen-bond donors (Lipinski definition) is 1. The molecule has 0 aromatic heterocycles. The largest absolute Gasteiger partial charge is 0.486 e. The molecule has 3 rings (SSSR count). The van der Waals surface area contributed by atoms with Gasteiger partial charge in [0.2, 0.25) is 0 Å². The number of esters is 1. The first-order valence-electron chi connectivity index (χ1n) is 8.27. The lowest BCUT2D eigenvalue weighted by atomic mass is 10.1. The molecule has 0 bridgehead atoms. The zero-order valence-corrected chi connectivity index (χ0v) is 16.0. The van der Waals surface area contributed by atoms with Gasteiger partial charge in [-0.3, -0.25) is 9.59 Å². The molecular formula is C19H17Cl2NO5. The van der Waals surface area contributed by atoms with Crippen LogP contribution in [0.4, 0.5) is 5.69 Å². The molecule has 1 atom stereocenters. The van der Waals surface area contributed by atoms with Crippen molar-refractivity contribution in [1.29, 1.82) is 0 Å². The second kappa shape index (κ2) is 8.50. The summed E-state index contributed by atoms with van der Waals surface area (Å²) in [6.07, 6.45) is -0.989. The maximum Gasteiger partial charge on any atom is 0.311 e. The zero-order valence-electron chi connectivity index (χ0n) is 14.5. The van der Waals surface area contributed by atoms with E-state index in [0.29, 0.717) is 41.0 Å². The Bertz CT molecular complexity index is 871. The van der Waals surface area contributed by atoms with Crippen LogP contribution in [0.5, 0.6) is 11.5 Å². The van der Waals surface area contributed by atoms with Crippen molar-refractivity contribution < 1.29 is 23.8 Å². The highest BCUT2D eigenvalue weighted by atomic mass is 35.5. The summed E-state index contributed by atoms with van der Waals surface area (Å²) in [5.74, 6) is 0.193. The van der Waals surface area contributed by atoms with Crippen molar-refractivity contribution in [3.8, 4) is 11.5 Å². The van der Waals surface area contributed by atoms with Crippen molar-refractivity contribution in [2.75, 3.05) is 18.5 Å². The summed E-state index contributed by atoms with van der Waals surface area (Å²) in [4.78, 5) is 24.4. The summed E-state index contributed by atoms with van der Waals surface area (Å²) in [6, 6.07) is 10.1. The number of amides is 1. The van der Waals surface area contributed by atoms with Crippen molar-refractivity contribution in [1.82, 2.24) is 0 Å². The molecule has 0 saturated heterocycles. The third-order valence-corrected chi connectivity index (χ3v) is 4.66. The van der Waals surface area contributed by atoms with Crippen LogP contribution < -0.4 is 14.8 Å². The summed E-state index contributed by atoms with van der Waals surface area (Å²) in [7, 11) is 0. The van der Waals surface area contributed by atoms with E-state index >= 15 is 0 Å². The van der Waals surface area contributed by atoms with Crippen molar-refractivity contribution in [3.05, 3.63) is 52.0 Å². The SMILES string of the molecule is CC(OC(=O)Cc1ccc2c(c1)OCCO2)C(=O)Nc1cccc(Cl)c1Cl. The first-order chi connectivity index (χ1) is 12.9. The van der Waals surface area contributed by atoms with Gasteiger partial charge >= 0.3 is 5.97 Å². The van der Waals surface area contributed by atoms with E-state index in [1.54, 1.807) is 36.4 Å². The number of fused-ring (bicyclic) bond motifs is 1. The predicted molar refractivity (Wildman–Crippen MR) is 102 cm³/mol. The Labute approximate surface area is 166 Å². The number of carbonyl (C=O) groups excluding carboxylic acids is 2. The van der Waals surface area contributed by atoms with E-state index in [1.807, 2.05) is 0 Å². The second-order valence-corrected chi connectivity index (χ2v) is 6.66. The van der Waals surface area contributed by atoms with Crippen LogP contribution in [0.2, 0.25) is 10.0 Å². The average Bonchev–Trinajstić information content (AvgIpc) is 2.65. The highest BCUT2D eigenvalue weighted by molar-refractivity contribution is 6.44. The van der Waals surface area contributed by atoms with E-state index in [4.69, 9.17) is 37.4 Å². The Morgan fingerprint density at radius 1 is 1.15 bits per heavy atom. The molecule has 2 aromatic carbocycles. The molecule has 1 aliphatic heterocycles. The van der Waals surface area contributed by atoms with E-state index in [-0.39, 0.29) is 11.4 Å². The van der Waals surface area contributed by atoms with E-state index in [0.717, 1.165) is 0 Å². The Morgan fingerprint density at radius 2 is 1.89 bits per heavy atom. The van der Waals surface area contributed by atoms with E-state index in [9.17, 15) is 9.59 Å². The van der Waals surface area contributed by atoms with Gasteiger partial charge in [0.1, 0.15) is 13.2 Å². The Balaban J connectivity index is 1.57. The Morgan fingerprint density at radius 3 is 2.67 bits per heavy atom. The highest BCUT2D eigenvalue weighted by Gasteiger charge is 2.20. The van der Waals surface area contributed by atoms with Gasteiger partial charge in [-0.1, -0.05) is 35.3 Å². The lowest BCUT2D eigenvalue weighted by Gasteiger charge is -2.19. The summed E-state index contributed by atoms with van der Waals surface area (Å²) in [5, 5.41) is 3.13. The number of hydrogen-bond acceptors (Lipinski definition) is 5. The van der Waals surface area contributed by atoms with Crippen LogP contribution in [-0.4, -0.2) is 31.2 Å². The minimum absolute atomic E-state index is 0.00613. The maximum atomic E-state index is 12.2. The first kappa shape index (κ1) is 19.3. The van der Waals surface area contributed by atoms with Gasteiger partial charge in [0, 0.05) is 0 Å². The number of nitrogens with one attached hydrogen (secondary N) is 1. The number of carbonyl (C=O) groups is 2. The number of benzene rings is 2. The molecule has 0 saturated carbocycles. The number of rotatable bonds is 5. The van der Waals surface area contributed by atoms with Gasteiger partial charge in [-0.05, 0) is 36.8 Å². The number of ether oxygens (including phenoxy) is 3. The van der Waals surface area contributed by atoms with Gasteiger partial charge < -0.3 is 19.5 Å². The average molecular weight is 410 g/mol. The van der Waals surface area contributed by atoms with Crippen LogP contribution in [0, 0.1) is 0 Å². The molecule has 1 N–H and O–H groups in total. The molecule has 0 spiro atoms. The predicted octanol–water partition coefficient (Wildman–Crippen LogP) is 3.88. The topological polar surface area (TPSA) is 73.9 Å². The van der Waals surface area contributed by atoms with Crippen LogP contribution >= 0.6 is 23.2 Å². The maximum absolute atomic E-state index is 12.2. The minimum atomic E-state index is -0.996. The quantitative estimate of drug-likeness (QED) is 0.758. The van der Waals surface area contributed by atoms with Gasteiger partial charge in [0.25, 0.3) is 5.91 Å². The molecule has 27 heavy (non-hydrogen) atoms. The van der Waals surface area contributed by atoms with Crippen molar-refractivity contribution in [3.63, 3.8) is 0 Å². The van der Waals surface area contributed by atoms with Gasteiger partial charge in [-0.15, -0.1) is 0 Å². The molecule has 1 heterocycles. The standard InChI is InChI=1S/C19H17Cl2NO5/c1-11(19(24)22-14-4-2-3-13(20)18(14)21)27-17(23)10-12-5-6-15-16(9-12)26-8-7-25-15/h2-6,9,11H,7-8,10H2,1H3,(H,22,24). The molecule has 1 aliphatic rings. The molecule has 1 unspecified atom stereocenters. The van der Waals surface area contributed by atoms with Crippen molar-refractivity contribution in [2.24, 2.45) is 0 Å². The van der Waals surface area contributed by atoms with Crippen LogP contribution in [0.1, 0.15) is 12.5 Å². The highest BCUT2D eigenvalue weighted by Crippen LogP contribution is 2.31. The second-order valence-electron chi connectivity index (χ2n) is 5.88. The van der Waals surface area contributed by atoms with Crippen LogP contribution in [0.3, 0.4) is 0 Å². The Kier molecular flexibility index (Phi) is 6.08. The normalized spacial score (nSPS) is 13.6.